The smallest absolute Gasteiger partial charge is 0.419 e. The van der Waals surface area contributed by atoms with E-state index in [-0.39, 0.29) is 28.1 Å². The number of fused-ring (bicyclic) bond motifs is 1. The van der Waals surface area contributed by atoms with Crippen LogP contribution in [0.2, 0.25) is 5.02 Å². The average molecular weight is 610 g/mol. The molecule has 1 N–H and O–H groups in total. The summed E-state index contributed by atoms with van der Waals surface area (Å²) in [6.07, 6.45) is -4.64. The van der Waals surface area contributed by atoms with Gasteiger partial charge in [0.05, 0.1) is 17.9 Å². The number of hydrogen-bond acceptors (Lipinski definition) is 8. The largest absolute Gasteiger partial charge is 0.482 e. The maximum absolute atomic E-state index is 13.7. The summed E-state index contributed by atoms with van der Waals surface area (Å²) in [5.74, 6) is 0.462. The summed E-state index contributed by atoms with van der Waals surface area (Å²) in [6.45, 7) is 4.66. The Kier molecular flexibility index (Phi) is 10.8. The zero-order chi connectivity index (χ0) is 27.9. The Balaban J connectivity index is 1.46. The van der Waals surface area contributed by atoms with E-state index in [2.05, 4.69) is 5.32 Å². The van der Waals surface area contributed by atoms with Gasteiger partial charge in [-0.1, -0.05) is 11.6 Å². The van der Waals surface area contributed by atoms with E-state index in [4.69, 9.17) is 21.1 Å². The molecule has 3 aromatic rings. The number of hydrogen-bond donors (Lipinski definition) is 1. The zero-order valence-corrected chi connectivity index (χ0v) is 23.9. The SMILES string of the molecule is CCOC(=O)COc1ccc(SCCNCCCS(=O)(=O)c2sc3ccc(Cl)cc3c2C(F)(F)F)cc1C. The number of benzene rings is 2. The van der Waals surface area contributed by atoms with E-state index in [1.165, 1.54) is 12.1 Å². The lowest BCUT2D eigenvalue weighted by Gasteiger charge is -2.11. The maximum Gasteiger partial charge on any atom is 0.419 e. The Bertz CT molecular complexity index is 1380. The van der Waals surface area contributed by atoms with Gasteiger partial charge >= 0.3 is 12.1 Å². The van der Waals surface area contributed by atoms with Gasteiger partial charge in [0.15, 0.2) is 16.4 Å². The summed E-state index contributed by atoms with van der Waals surface area (Å²) in [5.41, 5.74) is -0.267. The standard InChI is InChI=1S/C25H27ClF3NO5S3/c1-3-34-22(31)15-35-20-7-6-18(13-16(20)2)36-11-10-30-9-4-12-38(32,33)24-23(25(27,28)29)19-14-17(26)5-8-21(19)37-24/h5-8,13-14,30H,3-4,9-12,15H2,1-2H3. The molecule has 0 aliphatic carbocycles. The van der Waals surface area contributed by atoms with Crippen molar-refractivity contribution in [3.8, 4) is 5.75 Å². The molecular weight excluding hydrogens is 583 g/mol. The second-order valence-corrected chi connectivity index (χ2v) is 13.2. The first-order chi connectivity index (χ1) is 17.9. The third-order valence-electron chi connectivity index (χ3n) is 5.30. The van der Waals surface area contributed by atoms with E-state index in [0.29, 0.717) is 42.5 Å². The van der Waals surface area contributed by atoms with Crippen LogP contribution in [0.25, 0.3) is 10.1 Å². The first kappa shape index (κ1) is 30.6. The lowest BCUT2D eigenvalue weighted by atomic mass is 10.2. The van der Waals surface area contributed by atoms with E-state index in [9.17, 15) is 26.4 Å². The molecule has 3 rings (SSSR count). The molecule has 6 nitrogen and oxygen atoms in total. The predicted octanol–water partition coefficient (Wildman–Crippen LogP) is 6.37. The molecule has 0 amide bonds. The lowest BCUT2D eigenvalue weighted by Crippen LogP contribution is -2.21. The molecule has 208 valence electrons. The first-order valence-corrected chi connectivity index (χ1v) is 15.5. The Morgan fingerprint density at radius 3 is 2.61 bits per heavy atom. The summed E-state index contributed by atoms with van der Waals surface area (Å²) in [4.78, 5) is 12.4. The van der Waals surface area contributed by atoms with Crippen molar-refractivity contribution in [2.75, 3.05) is 37.8 Å². The van der Waals surface area contributed by atoms with E-state index < -0.39 is 37.5 Å². The van der Waals surface area contributed by atoms with E-state index in [1.54, 1.807) is 24.8 Å². The highest BCUT2D eigenvalue weighted by Crippen LogP contribution is 2.45. The molecule has 38 heavy (non-hydrogen) atoms. The molecule has 13 heteroatoms. The number of esters is 1. The number of alkyl halides is 3. The number of rotatable bonds is 13. The number of thiophene rings is 1. The minimum Gasteiger partial charge on any atom is -0.482 e. The molecule has 0 fully saturated rings. The van der Waals surface area contributed by atoms with Gasteiger partial charge in [-0.05, 0) is 68.8 Å². The van der Waals surface area contributed by atoms with E-state index >= 15 is 0 Å². The summed E-state index contributed by atoms with van der Waals surface area (Å²) in [7, 11) is -4.14. The van der Waals surface area contributed by atoms with Crippen molar-refractivity contribution in [1.29, 1.82) is 0 Å². The average Bonchev–Trinajstić information content (AvgIpc) is 3.23. The van der Waals surface area contributed by atoms with Crippen LogP contribution in [0.1, 0.15) is 24.5 Å². The summed E-state index contributed by atoms with van der Waals surface area (Å²) < 4.78 is 76.7. The van der Waals surface area contributed by atoms with Crippen LogP contribution >= 0.6 is 34.7 Å². The van der Waals surface area contributed by atoms with Gasteiger partial charge in [0.25, 0.3) is 0 Å². The molecule has 0 aliphatic rings. The van der Waals surface area contributed by atoms with Crippen molar-refractivity contribution in [3.63, 3.8) is 0 Å². The number of nitrogens with one attached hydrogen (secondary N) is 1. The van der Waals surface area contributed by atoms with Gasteiger partial charge in [-0.15, -0.1) is 23.1 Å². The number of carbonyl (C=O) groups is 1. The first-order valence-electron chi connectivity index (χ1n) is 11.7. The van der Waals surface area contributed by atoms with E-state index in [1.807, 2.05) is 19.1 Å². The Labute approximate surface area is 232 Å². The molecule has 0 spiro atoms. The fourth-order valence-electron chi connectivity index (χ4n) is 3.59. The highest BCUT2D eigenvalue weighted by atomic mass is 35.5. The van der Waals surface area contributed by atoms with Crippen LogP contribution in [0.5, 0.6) is 5.75 Å². The number of carbonyl (C=O) groups excluding carboxylic acids is 1. The van der Waals surface area contributed by atoms with Gasteiger partial charge in [0.1, 0.15) is 9.96 Å². The van der Waals surface area contributed by atoms with Gasteiger partial charge in [0.2, 0.25) is 0 Å². The van der Waals surface area contributed by atoms with Crippen LogP contribution in [-0.2, 0) is 25.5 Å². The van der Waals surface area contributed by atoms with Crippen molar-refractivity contribution in [3.05, 3.63) is 52.5 Å². The van der Waals surface area contributed by atoms with Crippen molar-refractivity contribution in [2.45, 2.75) is 35.5 Å². The van der Waals surface area contributed by atoms with E-state index in [0.717, 1.165) is 16.5 Å². The number of thioether (sulfide) groups is 1. The van der Waals surface area contributed by atoms with Gasteiger partial charge in [-0.3, -0.25) is 0 Å². The Morgan fingerprint density at radius 2 is 1.92 bits per heavy atom. The van der Waals surface area contributed by atoms with Crippen molar-refractivity contribution < 1.29 is 35.9 Å². The van der Waals surface area contributed by atoms with Gasteiger partial charge in [-0.2, -0.15) is 13.2 Å². The topological polar surface area (TPSA) is 81.7 Å². The molecule has 1 aromatic heterocycles. The number of halogens is 4. The second-order valence-electron chi connectivity index (χ2n) is 8.19. The van der Waals surface area contributed by atoms with Gasteiger partial charge in [-0.25, -0.2) is 13.2 Å². The number of sulfone groups is 1. The van der Waals surface area contributed by atoms with Gasteiger partial charge in [0, 0.05) is 32.3 Å². The monoisotopic (exact) mass is 609 g/mol. The predicted molar refractivity (Wildman–Crippen MR) is 145 cm³/mol. The van der Waals surface area contributed by atoms with Crippen LogP contribution in [0.3, 0.4) is 0 Å². The van der Waals surface area contributed by atoms with Gasteiger partial charge < -0.3 is 14.8 Å². The minimum atomic E-state index is -4.82. The number of ether oxygens (including phenoxy) is 2. The maximum atomic E-state index is 13.7. The van der Waals surface area contributed by atoms with Crippen LogP contribution in [0, 0.1) is 6.92 Å². The summed E-state index contributed by atoms with van der Waals surface area (Å²) in [6, 6.07) is 9.59. The quantitative estimate of drug-likeness (QED) is 0.137. The van der Waals surface area contributed by atoms with Crippen LogP contribution in [-0.4, -0.2) is 52.2 Å². The van der Waals surface area contributed by atoms with Crippen LogP contribution < -0.4 is 10.1 Å². The van der Waals surface area contributed by atoms with Crippen LogP contribution in [0.4, 0.5) is 13.2 Å². The van der Waals surface area contributed by atoms with Crippen molar-refractivity contribution >= 4 is 60.6 Å². The Hall–Kier alpha value is -1.99. The Morgan fingerprint density at radius 1 is 1.16 bits per heavy atom. The fraction of sp³-hybridized carbons (Fsp3) is 0.400. The van der Waals surface area contributed by atoms with Crippen molar-refractivity contribution in [2.24, 2.45) is 0 Å². The highest BCUT2D eigenvalue weighted by molar-refractivity contribution is 7.99. The minimum absolute atomic E-state index is 0.111. The number of aryl methyl sites for hydroxylation is 1. The van der Waals surface area contributed by atoms with Crippen molar-refractivity contribution in [1.82, 2.24) is 5.32 Å². The molecule has 0 aliphatic heterocycles. The molecule has 0 unspecified atom stereocenters. The molecular formula is C25H27ClF3NO5S3. The molecule has 0 saturated carbocycles. The second kappa shape index (κ2) is 13.4. The summed E-state index contributed by atoms with van der Waals surface area (Å²) in [5, 5.41) is 3.05. The lowest BCUT2D eigenvalue weighted by molar-refractivity contribution is -0.145. The molecule has 1 heterocycles. The van der Waals surface area contributed by atoms with Crippen LogP contribution in [0.15, 0.2) is 45.5 Å². The molecule has 0 saturated heterocycles. The normalized spacial score (nSPS) is 12.2. The summed E-state index contributed by atoms with van der Waals surface area (Å²) >= 11 is 8.06. The third kappa shape index (κ3) is 8.25. The molecule has 0 bridgehead atoms. The molecule has 2 aromatic carbocycles. The zero-order valence-electron chi connectivity index (χ0n) is 20.7. The molecule has 0 atom stereocenters. The molecule has 0 radical (unpaired) electrons. The highest BCUT2D eigenvalue weighted by Gasteiger charge is 2.41. The fourth-order valence-corrected chi connectivity index (χ4v) is 7.88. The third-order valence-corrected chi connectivity index (χ3v) is 10.1.